The van der Waals surface area contributed by atoms with Gasteiger partial charge in [0.05, 0.1) is 0 Å². The summed E-state index contributed by atoms with van der Waals surface area (Å²) in [6.07, 6.45) is 6.59. The van der Waals surface area contributed by atoms with E-state index in [4.69, 9.17) is 0 Å². The molecule has 0 saturated carbocycles. The first-order valence-corrected chi connectivity index (χ1v) is 10.2. The lowest BCUT2D eigenvalue weighted by molar-refractivity contribution is -0.139. The Hall–Kier alpha value is -1.99. The molecule has 2 N–H and O–H groups in total. The van der Waals surface area contributed by atoms with E-state index in [0.29, 0.717) is 25.3 Å². The third-order valence-electron chi connectivity index (χ3n) is 4.34. The minimum Gasteiger partial charge on any atom is -0.480 e. The number of piperazine rings is 1. The first-order valence-electron chi connectivity index (χ1n) is 8.81. The van der Waals surface area contributed by atoms with Crippen LogP contribution in [0.2, 0.25) is 0 Å². The Morgan fingerprint density at radius 2 is 1.92 bits per heavy atom. The predicted octanol–water partition coefficient (Wildman–Crippen LogP) is 2.23. The quantitative estimate of drug-likeness (QED) is 0.727. The molecule has 7 heteroatoms. The van der Waals surface area contributed by atoms with Gasteiger partial charge in [0.1, 0.15) is 6.04 Å². The molecule has 1 aliphatic heterocycles. The number of benzene rings is 1. The molecule has 0 spiro atoms. The number of carboxylic acids is 1. The molecule has 142 valence electrons. The molecule has 1 atom stereocenters. The summed E-state index contributed by atoms with van der Waals surface area (Å²) in [5, 5.41) is 11.9. The van der Waals surface area contributed by atoms with Crippen LogP contribution in [0.1, 0.15) is 12.0 Å². The Labute approximate surface area is 159 Å². The van der Waals surface area contributed by atoms with Gasteiger partial charge in [0.15, 0.2) is 0 Å². The molecular weight excluding hydrogens is 350 g/mol. The van der Waals surface area contributed by atoms with E-state index in [1.54, 1.807) is 16.7 Å². The fourth-order valence-corrected chi connectivity index (χ4v) is 3.24. The predicted molar refractivity (Wildman–Crippen MR) is 106 cm³/mol. The molecule has 0 radical (unpaired) electrons. The van der Waals surface area contributed by atoms with Crippen LogP contribution in [0.25, 0.3) is 6.08 Å². The summed E-state index contributed by atoms with van der Waals surface area (Å²) in [6.45, 7) is 3.64. The second-order valence-corrected chi connectivity index (χ2v) is 7.21. The van der Waals surface area contributed by atoms with E-state index in [-0.39, 0.29) is 6.03 Å². The number of amides is 2. The van der Waals surface area contributed by atoms with Gasteiger partial charge < -0.3 is 15.3 Å². The van der Waals surface area contributed by atoms with Crippen LogP contribution in [0.4, 0.5) is 4.79 Å². The van der Waals surface area contributed by atoms with Crippen molar-refractivity contribution < 1.29 is 14.7 Å². The van der Waals surface area contributed by atoms with Gasteiger partial charge in [-0.2, -0.15) is 11.8 Å². The molecule has 1 fully saturated rings. The number of nitrogens with zero attached hydrogens (tertiary/aromatic N) is 2. The Morgan fingerprint density at radius 1 is 1.23 bits per heavy atom. The molecule has 2 rings (SSSR count). The average Bonchev–Trinajstić information content (AvgIpc) is 2.66. The lowest BCUT2D eigenvalue weighted by Crippen LogP contribution is -2.54. The molecule has 0 bridgehead atoms. The second-order valence-electron chi connectivity index (χ2n) is 6.22. The first-order chi connectivity index (χ1) is 12.6. The van der Waals surface area contributed by atoms with Gasteiger partial charge in [-0.15, -0.1) is 0 Å². The smallest absolute Gasteiger partial charge is 0.326 e. The molecule has 1 heterocycles. The molecule has 0 aromatic heterocycles. The van der Waals surface area contributed by atoms with E-state index in [2.05, 4.69) is 34.5 Å². The minimum atomic E-state index is -0.975. The van der Waals surface area contributed by atoms with Gasteiger partial charge >= 0.3 is 12.0 Å². The Bertz CT molecular complexity index is 601. The molecule has 1 unspecified atom stereocenters. The van der Waals surface area contributed by atoms with Gasteiger partial charge in [-0.1, -0.05) is 42.5 Å². The molecule has 0 aliphatic carbocycles. The number of aliphatic carboxylic acids is 1. The number of carboxylic acid groups (broad SMARTS) is 1. The molecule has 1 aliphatic rings. The monoisotopic (exact) mass is 377 g/mol. The number of hydrogen-bond donors (Lipinski definition) is 2. The fourth-order valence-electron chi connectivity index (χ4n) is 2.77. The van der Waals surface area contributed by atoms with E-state index >= 15 is 0 Å². The lowest BCUT2D eigenvalue weighted by atomic mass is 10.2. The van der Waals surface area contributed by atoms with Crippen molar-refractivity contribution in [1.82, 2.24) is 15.1 Å². The van der Waals surface area contributed by atoms with E-state index in [1.165, 1.54) is 5.56 Å². The van der Waals surface area contributed by atoms with Crippen molar-refractivity contribution in [2.45, 2.75) is 12.5 Å². The van der Waals surface area contributed by atoms with Crippen molar-refractivity contribution in [3.63, 3.8) is 0 Å². The van der Waals surface area contributed by atoms with Gasteiger partial charge in [0.2, 0.25) is 0 Å². The van der Waals surface area contributed by atoms with Crippen LogP contribution < -0.4 is 5.32 Å². The van der Waals surface area contributed by atoms with Crippen molar-refractivity contribution in [2.24, 2.45) is 0 Å². The van der Waals surface area contributed by atoms with E-state index in [1.807, 2.05) is 24.5 Å². The summed E-state index contributed by atoms with van der Waals surface area (Å²) in [7, 11) is 0. The Balaban J connectivity index is 1.73. The van der Waals surface area contributed by atoms with Crippen LogP contribution >= 0.6 is 11.8 Å². The molecule has 1 saturated heterocycles. The topological polar surface area (TPSA) is 72.9 Å². The van der Waals surface area contributed by atoms with Gasteiger partial charge in [0.25, 0.3) is 0 Å². The van der Waals surface area contributed by atoms with E-state index in [9.17, 15) is 14.7 Å². The van der Waals surface area contributed by atoms with E-state index < -0.39 is 12.0 Å². The molecule has 1 aromatic carbocycles. The maximum absolute atomic E-state index is 12.3. The maximum atomic E-state index is 12.3. The second kappa shape index (κ2) is 10.9. The third kappa shape index (κ3) is 6.72. The van der Waals surface area contributed by atoms with Crippen LogP contribution in [-0.2, 0) is 4.79 Å². The molecule has 2 amide bonds. The zero-order chi connectivity index (χ0) is 18.8. The largest absolute Gasteiger partial charge is 0.480 e. The minimum absolute atomic E-state index is 0.280. The van der Waals surface area contributed by atoms with Crippen LogP contribution in [0.3, 0.4) is 0 Å². The number of thioether (sulfide) groups is 1. The number of rotatable bonds is 8. The zero-order valence-electron chi connectivity index (χ0n) is 15.1. The molecule has 26 heavy (non-hydrogen) atoms. The molecule has 1 aromatic rings. The summed E-state index contributed by atoms with van der Waals surface area (Å²) in [5.41, 5.74) is 1.18. The lowest BCUT2D eigenvalue weighted by Gasteiger charge is -2.34. The summed E-state index contributed by atoms with van der Waals surface area (Å²) in [5.74, 6) is -0.268. The highest BCUT2D eigenvalue weighted by Gasteiger charge is 2.25. The highest BCUT2D eigenvalue weighted by molar-refractivity contribution is 7.98. The standard InChI is InChI=1S/C19H27N3O3S/c1-26-15-9-17(18(23)24)20-19(25)22-13-11-21(12-14-22)10-5-8-16-6-3-2-4-7-16/h2-8,17H,9-15H2,1H3,(H,20,25)(H,23,24). The van der Waals surface area contributed by atoms with Crippen molar-refractivity contribution >= 4 is 29.8 Å². The average molecular weight is 378 g/mol. The summed E-state index contributed by atoms with van der Waals surface area (Å²) in [6, 6.07) is 9.06. The SMILES string of the molecule is CSCCC(NC(=O)N1CCN(CC=Cc2ccccc2)CC1)C(=O)O. The van der Waals surface area contributed by atoms with Crippen molar-refractivity contribution in [3.05, 3.63) is 42.0 Å². The number of urea groups is 1. The van der Waals surface area contributed by atoms with Gasteiger partial charge in [-0.3, -0.25) is 4.90 Å². The highest BCUT2D eigenvalue weighted by atomic mass is 32.2. The Morgan fingerprint density at radius 3 is 2.54 bits per heavy atom. The number of carbonyl (C=O) groups excluding carboxylic acids is 1. The zero-order valence-corrected chi connectivity index (χ0v) is 16.0. The van der Waals surface area contributed by atoms with Crippen LogP contribution in [0, 0.1) is 0 Å². The normalized spacial score (nSPS) is 16.6. The summed E-state index contributed by atoms with van der Waals surface area (Å²) in [4.78, 5) is 27.5. The number of hydrogen-bond acceptors (Lipinski definition) is 4. The third-order valence-corrected chi connectivity index (χ3v) is 4.98. The van der Waals surface area contributed by atoms with E-state index in [0.717, 1.165) is 19.6 Å². The Kier molecular flexibility index (Phi) is 8.50. The highest BCUT2D eigenvalue weighted by Crippen LogP contribution is 2.06. The van der Waals surface area contributed by atoms with Gasteiger partial charge in [0, 0.05) is 32.7 Å². The van der Waals surface area contributed by atoms with Crippen molar-refractivity contribution in [1.29, 1.82) is 0 Å². The number of carbonyl (C=O) groups is 2. The van der Waals surface area contributed by atoms with Crippen LogP contribution in [0.5, 0.6) is 0 Å². The summed E-state index contributed by atoms with van der Waals surface area (Å²) < 4.78 is 0. The van der Waals surface area contributed by atoms with Crippen molar-refractivity contribution in [3.8, 4) is 0 Å². The van der Waals surface area contributed by atoms with Crippen LogP contribution in [0.15, 0.2) is 36.4 Å². The fraction of sp³-hybridized carbons (Fsp3) is 0.474. The van der Waals surface area contributed by atoms with Crippen molar-refractivity contribution in [2.75, 3.05) is 44.7 Å². The van der Waals surface area contributed by atoms with Gasteiger partial charge in [-0.05, 0) is 24.0 Å². The first kappa shape index (κ1) is 20.3. The summed E-state index contributed by atoms with van der Waals surface area (Å²) >= 11 is 1.57. The van der Waals surface area contributed by atoms with Crippen LogP contribution in [-0.4, -0.2) is 77.7 Å². The molecule has 6 nitrogen and oxygen atoms in total. The molecular formula is C19H27N3O3S. The van der Waals surface area contributed by atoms with Gasteiger partial charge in [-0.25, -0.2) is 9.59 Å². The number of nitrogens with one attached hydrogen (secondary N) is 1. The maximum Gasteiger partial charge on any atom is 0.326 e.